The Morgan fingerprint density at radius 3 is 2.07 bits per heavy atom. The largest absolute Gasteiger partial charge is 0.493 e. The Morgan fingerprint density at radius 1 is 1.07 bits per heavy atom. The summed E-state index contributed by atoms with van der Waals surface area (Å²) >= 11 is 1.47. The lowest BCUT2D eigenvalue weighted by atomic mass is 9.99. The maximum atomic E-state index is 12.4. The number of hydrazine groups is 2. The Morgan fingerprint density at radius 2 is 1.63 bits per heavy atom. The molecule has 7 nitrogen and oxygen atoms in total. The molecule has 0 amide bonds. The van der Waals surface area contributed by atoms with Crippen LogP contribution in [-0.4, -0.2) is 68.7 Å². The van der Waals surface area contributed by atoms with E-state index in [4.69, 9.17) is 0 Å². The van der Waals surface area contributed by atoms with E-state index in [0.717, 1.165) is 51.3 Å². The molecule has 0 aliphatic carbocycles. The van der Waals surface area contributed by atoms with Gasteiger partial charge in [-0.25, -0.2) is 10.0 Å². The lowest BCUT2D eigenvalue weighted by Crippen LogP contribution is -2.54. The van der Waals surface area contributed by atoms with E-state index in [2.05, 4.69) is 59.7 Å². The molecular formula is C19H37N5O2S. The molecule has 0 fully saturated rings. The van der Waals surface area contributed by atoms with Crippen LogP contribution in [0.25, 0.3) is 0 Å². The molecular weight excluding hydrogens is 362 g/mol. The normalized spacial score (nSPS) is 13.1. The second-order valence-corrected chi connectivity index (χ2v) is 7.60. The lowest BCUT2D eigenvalue weighted by molar-refractivity contribution is -0.174. The molecule has 1 heterocycles. The van der Waals surface area contributed by atoms with Crippen LogP contribution in [0.1, 0.15) is 65.9 Å². The average Bonchev–Trinajstić information content (AvgIpc) is 2.63. The van der Waals surface area contributed by atoms with Gasteiger partial charge in [0.15, 0.2) is 5.16 Å². The number of hydrogen-bond donors (Lipinski definition) is 2. The van der Waals surface area contributed by atoms with Gasteiger partial charge in [-0.05, 0) is 12.3 Å². The fourth-order valence-corrected chi connectivity index (χ4v) is 4.09. The van der Waals surface area contributed by atoms with Crippen LogP contribution >= 0.6 is 11.8 Å². The van der Waals surface area contributed by atoms with Gasteiger partial charge in [-0.15, -0.1) is 0 Å². The van der Waals surface area contributed by atoms with Crippen molar-refractivity contribution in [1.29, 1.82) is 0 Å². The minimum absolute atomic E-state index is 0.00567. The van der Waals surface area contributed by atoms with Crippen molar-refractivity contribution in [1.82, 2.24) is 25.1 Å². The smallest absolute Gasteiger partial charge is 0.258 e. The minimum Gasteiger partial charge on any atom is -0.493 e. The second kappa shape index (κ2) is 12.4. The van der Waals surface area contributed by atoms with Crippen LogP contribution in [0.4, 0.5) is 0 Å². The third-order valence-electron chi connectivity index (χ3n) is 4.77. The van der Waals surface area contributed by atoms with E-state index < -0.39 is 0 Å². The molecule has 0 bridgehead atoms. The summed E-state index contributed by atoms with van der Waals surface area (Å²) in [5.74, 6) is 0.636. The second-order valence-electron chi connectivity index (χ2n) is 6.52. The van der Waals surface area contributed by atoms with Gasteiger partial charge in [-0.3, -0.25) is 4.79 Å². The molecule has 27 heavy (non-hydrogen) atoms. The Kier molecular flexibility index (Phi) is 11.0. The third-order valence-corrected chi connectivity index (χ3v) is 5.62. The molecule has 0 aromatic carbocycles. The first-order valence-corrected chi connectivity index (χ1v) is 11.1. The molecule has 0 aliphatic heterocycles. The quantitative estimate of drug-likeness (QED) is 0.299. The molecule has 0 spiro atoms. The molecule has 1 aromatic heterocycles. The zero-order valence-corrected chi connectivity index (χ0v) is 18.6. The van der Waals surface area contributed by atoms with Crippen LogP contribution in [-0.2, 0) is 0 Å². The van der Waals surface area contributed by atoms with Gasteiger partial charge in [0, 0.05) is 38.5 Å². The van der Waals surface area contributed by atoms with E-state index in [-0.39, 0.29) is 17.4 Å². The predicted molar refractivity (Wildman–Crippen MR) is 113 cm³/mol. The van der Waals surface area contributed by atoms with Gasteiger partial charge < -0.3 is 10.1 Å². The molecule has 0 radical (unpaired) electrons. The van der Waals surface area contributed by atoms with E-state index in [1.807, 2.05) is 6.92 Å². The Hall–Kier alpha value is -1.09. The number of hydrogen-bond acceptors (Lipinski definition) is 7. The topological polar surface area (TPSA) is 75.7 Å². The Balaban J connectivity index is 2.82. The highest BCUT2D eigenvalue weighted by atomic mass is 32.2. The summed E-state index contributed by atoms with van der Waals surface area (Å²) in [5, 5.41) is 17.6. The number of H-pyrrole nitrogens is 1. The monoisotopic (exact) mass is 399 g/mol. The molecule has 1 unspecified atom stereocenters. The summed E-state index contributed by atoms with van der Waals surface area (Å²) in [5.41, 5.74) is 0.171. The summed E-state index contributed by atoms with van der Waals surface area (Å²) in [6.07, 6.45) is 1.82. The highest BCUT2D eigenvalue weighted by Crippen LogP contribution is 2.25. The molecule has 8 heteroatoms. The van der Waals surface area contributed by atoms with Crippen molar-refractivity contribution in [3.63, 3.8) is 0 Å². The predicted octanol–water partition coefficient (Wildman–Crippen LogP) is 3.29. The summed E-state index contributed by atoms with van der Waals surface area (Å²) in [4.78, 5) is 19.4. The Labute approximate surface area is 168 Å². The fourth-order valence-electron chi connectivity index (χ4n) is 3.33. The summed E-state index contributed by atoms with van der Waals surface area (Å²) in [7, 11) is 0. The number of nitrogens with one attached hydrogen (secondary N) is 1. The van der Waals surface area contributed by atoms with E-state index in [0.29, 0.717) is 10.7 Å². The molecule has 2 N–H and O–H groups in total. The van der Waals surface area contributed by atoms with Gasteiger partial charge in [-0.1, -0.05) is 59.7 Å². The summed E-state index contributed by atoms with van der Waals surface area (Å²) in [6, 6.07) is 0. The third kappa shape index (κ3) is 6.78. The van der Waals surface area contributed by atoms with Crippen molar-refractivity contribution in [3.8, 4) is 5.88 Å². The van der Waals surface area contributed by atoms with Crippen molar-refractivity contribution in [2.45, 2.75) is 65.5 Å². The number of aromatic hydroxyl groups is 1. The molecule has 1 aromatic rings. The van der Waals surface area contributed by atoms with Crippen molar-refractivity contribution in [3.05, 3.63) is 15.9 Å². The summed E-state index contributed by atoms with van der Waals surface area (Å²) in [6.45, 7) is 17.2. The average molecular weight is 400 g/mol. The molecule has 156 valence electrons. The van der Waals surface area contributed by atoms with Gasteiger partial charge in [0.25, 0.3) is 5.56 Å². The van der Waals surface area contributed by atoms with E-state index in [1.165, 1.54) is 11.8 Å². The molecule has 0 saturated heterocycles. The zero-order chi connectivity index (χ0) is 20.4. The van der Waals surface area contributed by atoms with Crippen molar-refractivity contribution in [2.75, 3.05) is 38.5 Å². The first-order chi connectivity index (χ1) is 12.9. The molecule has 1 atom stereocenters. The van der Waals surface area contributed by atoms with Crippen LogP contribution in [0.3, 0.4) is 0 Å². The van der Waals surface area contributed by atoms with Gasteiger partial charge in [0.05, 0.1) is 5.56 Å². The fraction of sp³-hybridized carbons (Fsp3) is 0.789. The van der Waals surface area contributed by atoms with Crippen molar-refractivity contribution < 1.29 is 5.11 Å². The lowest BCUT2D eigenvalue weighted by Gasteiger charge is -2.40. The number of aromatic nitrogens is 2. The molecule has 0 aliphatic rings. The first-order valence-electron chi connectivity index (χ1n) is 10.2. The molecule has 1 rings (SSSR count). The number of aromatic amines is 1. The highest BCUT2D eigenvalue weighted by Gasteiger charge is 2.19. The maximum Gasteiger partial charge on any atom is 0.258 e. The van der Waals surface area contributed by atoms with E-state index >= 15 is 0 Å². The van der Waals surface area contributed by atoms with Gasteiger partial charge >= 0.3 is 0 Å². The van der Waals surface area contributed by atoms with Crippen LogP contribution in [0, 0.1) is 0 Å². The van der Waals surface area contributed by atoms with Crippen molar-refractivity contribution >= 4 is 11.8 Å². The maximum absolute atomic E-state index is 12.4. The number of thioether (sulfide) groups is 1. The van der Waals surface area contributed by atoms with Crippen LogP contribution in [0.5, 0.6) is 5.88 Å². The van der Waals surface area contributed by atoms with Crippen molar-refractivity contribution in [2.24, 2.45) is 0 Å². The van der Waals surface area contributed by atoms with E-state index in [9.17, 15) is 9.90 Å². The SMILES string of the molecule is CCCC(C)c1c(O)nc(SCCN(N(CC)CC)N(CC)CC)[nH]c1=O. The van der Waals surface area contributed by atoms with Crippen LogP contribution in [0.2, 0.25) is 0 Å². The van der Waals surface area contributed by atoms with Gasteiger partial charge in [0.2, 0.25) is 5.88 Å². The zero-order valence-electron chi connectivity index (χ0n) is 17.8. The standard InChI is InChI=1S/C19H37N5O2S/c1-7-12-15(6)16-17(25)20-19(21-18(16)26)27-14-13-24(22(8-2)9-3)23(10-4)11-5/h15H,7-14H2,1-6H3,(H2,20,21,25,26). The highest BCUT2D eigenvalue weighted by molar-refractivity contribution is 7.99. The van der Waals surface area contributed by atoms with E-state index in [1.54, 1.807) is 0 Å². The molecule has 0 saturated carbocycles. The first kappa shape index (κ1) is 23.9. The van der Waals surface area contributed by atoms with Gasteiger partial charge in [0.1, 0.15) is 0 Å². The minimum atomic E-state index is -0.227. The van der Waals surface area contributed by atoms with Crippen LogP contribution in [0.15, 0.2) is 9.95 Å². The summed E-state index contributed by atoms with van der Waals surface area (Å²) < 4.78 is 0. The van der Waals surface area contributed by atoms with Gasteiger partial charge in [-0.2, -0.15) is 10.1 Å². The number of rotatable bonds is 13. The van der Waals surface area contributed by atoms with Crippen LogP contribution < -0.4 is 5.56 Å². The Bertz CT molecular complexity index is 590. The number of nitrogens with zero attached hydrogens (tertiary/aromatic N) is 4.